The smallest absolute Gasteiger partial charge is 0.252 e. The number of amides is 1. The number of benzene rings is 1. The summed E-state index contributed by atoms with van der Waals surface area (Å²) in [5.41, 5.74) is 4.44. The zero-order valence-corrected chi connectivity index (χ0v) is 22.5. The molecule has 1 aromatic heterocycles. The van der Waals surface area contributed by atoms with Gasteiger partial charge in [0.1, 0.15) is 5.75 Å². The van der Waals surface area contributed by atoms with Gasteiger partial charge < -0.3 is 15.0 Å². The number of hydrogen-bond acceptors (Lipinski definition) is 6. The number of aromatic nitrogens is 2. The molecule has 3 atom stereocenters. The SMILES string of the molecule is C=C1/C(=C\C(C(=O)N[C@@H]2C[C@@H]3CC[C@H]2N3Cc2ccc(OC)cc2)=C(/C)Cl)CCN1c1nccc(C)n1. The van der Waals surface area contributed by atoms with Crippen LogP contribution >= 0.6 is 11.6 Å². The molecule has 37 heavy (non-hydrogen) atoms. The van der Waals surface area contributed by atoms with Gasteiger partial charge in [0.15, 0.2) is 0 Å². The molecule has 3 aliphatic rings. The third-order valence-electron chi connectivity index (χ3n) is 7.78. The summed E-state index contributed by atoms with van der Waals surface area (Å²) in [6.07, 6.45) is 7.61. The van der Waals surface area contributed by atoms with Crippen LogP contribution in [0, 0.1) is 6.92 Å². The lowest BCUT2D eigenvalue weighted by atomic mass is 9.95. The Kier molecular flexibility index (Phi) is 7.36. The molecule has 3 saturated heterocycles. The van der Waals surface area contributed by atoms with Crippen LogP contribution in [0.2, 0.25) is 0 Å². The van der Waals surface area contributed by atoms with Gasteiger partial charge in [-0.25, -0.2) is 9.97 Å². The Morgan fingerprint density at radius 1 is 1.27 bits per heavy atom. The van der Waals surface area contributed by atoms with Gasteiger partial charge >= 0.3 is 0 Å². The zero-order chi connectivity index (χ0) is 26.1. The van der Waals surface area contributed by atoms with Gasteiger partial charge in [-0.2, -0.15) is 0 Å². The van der Waals surface area contributed by atoms with Crippen LogP contribution < -0.4 is 15.0 Å². The zero-order valence-electron chi connectivity index (χ0n) is 21.7. The fourth-order valence-corrected chi connectivity index (χ4v) is 5.95. The fraction of sp³-hybridized carbons (Fsp3) is 0.414. The van der Waals surface area contributed by atoms with Crippen molar-refractivity contribution in [1.82, 2.24) is 20.2 Å². The second-order valence-electron chi connectivity index (χ2n) is 10.1. The highest BCUT2D eigenvalue weighted by Crippen LogP contribution is 2.39. The molecule has 5 rings (SSSR count). The van der Waals surface area contributed by atoms with Crippen molar-refractivity contribution in [3.8, 4) is 5.75 Å². The molecule has 0 radical (unpaired) electrons. The van der Waals surface area contributed by atoms with Gasteiger partial charge in [-0.05, 0) is 74.9 Å². The number of fused-ring (bicyclic) bond motifs is 2. The number of hydrogen-bond donors (Lipinski definition) is 1. The molecule has 0 unspecified atom stereocenters. The van der Waals surface area contributed by atoms with E-state index in [1.807, 2.05) is 36.1 Å². The van der Waals surface area contributed by atoms with Crippen molar-refractivity contribution in [2.45, 2.75) is 64.2 Å². The summed E-state index contributed by atoms with van der Waals surface area (Å²) >= 11 is 6.45. The third-order valence-corrected chi connectivity index (χ3v) is 7.98. The van der Waals surface area contributed by atoms with E-state index in [1.54, 1.807) is 20.2 Å². The third kappa shape index (κ3) is 5.29. The molecule has 4 heterocycles. The van der Waals surface area contributed by atoms with Gasteiger partial charge in [0.25, 0.3) is 5.91 Å². The minimum Gasteiger partial charge on any atom is -0.497 e. The predicted molar refractivity (Wildman–Crippen MR) is 146 cm³/mol. The molecule has 3 fully saturated rings. The average molecular weight is 520 g/mol. The molecule has 8 heteroatoms. The number of halogens is 1. The van der Waals surface area contributed by atoms with Gasteiger partial charge in [-0.3, -0.25) is 9.69 Å². The minimum absolute atomic E-state index is 0.109. The Labute approximate surface area is 223 Å². The maximum absolute atomic E-state index is 13.4. The molecule has 1 aromatic carbocycles. The summed E-state index contributed by atoms with van der Waals surface area (Å²) in [4.78, 5) is 26.9. The van der Waals surface area contributed by atoms with Crippen molar-refractivity contribution >= 4 is 23.5 Å². The molecule has 2 bridgehead atoms. The molecule has 1 amide bonds. The van der Waals surface area contributed by atoms with Gasteiger partial charge in [0.05, 0.1) is 12.7 Å². The molecule has 3 aliphatic heterocycles. The Balaban J connectivity index is 1.26. The summed E-state index contributed by atoms with van der Waals surface area (Å²) in [6.45, 7) is 9.56. The van der Waals surface area contributed by atoms with Gasteiger partial charge in [-0.15, -0.1) is 0 Å². The maximum Gasteiger partial charge on any atom is 0.252 e. The predicted octanol–water partition coefficient (Wildman–Crippen LogP) is 4.88. The van der Waals surface area contributed by atoms with E-state index in [-0.39, 0.29) is 11.9 Å². The number of carbonyl (C=O) groups is 1. The van der Waals surface area contributed by atoms with Crippen LogP contribution in [-0.4, -0.2) is 52.6 Å². The normalized spacial score (nSPS) is 25.1. The molecule has 7 nitrogen and oxygen atoms in total. The highest BCUT2D eigenvalue weighted by Gasteiger charge is 2.46. The van der Waals surface area contributed by atoms with Crippen LogP contribution in [0.3, 0.4) is 0 Å². The monoisotopic (exact) mass is 519 g/mol. The van der Waals surface area contributed by atoms with E-state index in [9.17, 15) is 4.79 Å². The van der Waals surface area contributed by atoms with Gasteiger partial charge in [-0.1, -0.05) is 30.3 Å². The van der Waals surface area contributed by atoms with E-state index in [0.29, 0.717) is 28.6 Å². The number of aryl methyl sites for hydroxylation is 1. The van der Waals surface area contributed by atoms with Crippen molar-refractivity contribution in [2.75, 3.05) is 18.6 Å². The Morgan fingerprint density at radius 2 is 2.05 bits per heavy atom. The first-order valence-corrected chi connectivity index (χ1v) is 13.2. The lowest BCUT2D eigenvalue weighted by molar-refractivity contribution is -0.118. The summed E-state index contributed by atoms with van der Waals surface area (Å²) in [5, 5.41) is 3.78. The highest BCUT2D eigenvalue weighted by atomic mass is 35.5. The van der Waals surface area contributed by atoms with E-state index in [2.05, 4.69) is 38.9 Å². The van der Waals surface area contributed by atoms with E-state index in [1.165, 1.54) is 12.0 Å². The quantitative estimate of drug-likeness (QED) is 0.526. The number of anilines is 1. The number of rotatable bonds is 7. The molecule has 2 aromatic rings. The molecule has 0 aliphatic carbocycles. The molecular weight excluding hydrogens is 486 g/mol. The fourth-order valence-electron chi connectivity index (χ4n) is 5.81. The molecule has 0 saturated carbocycles. The number of nitrogens with one attached hydrogen (secondary N) is 1. The van der Waals surface area contributed by atoms with Crippen molar-refractivity contribution in [3.05, 3.63) is 82.3 Å². The molecule has 0 spiro atoms. The van der Waals surface area contributed by atoms with Crippen molar-refractivity contribution in [2.24, 2.45) is 0 Å². The molecular formula is C29H34ClN5O2. The largest absolute Gasteiger partial charge is 0.497 e. The molecule has 194 valence electrons. The number of methoxy groups -OCH3 is 1. The number of carbonyl (C=O) groups excluding carboxylic acids is 1. The topological polar surface area (TPSA) is 70.6 Å². The highest BCUT2D eigenvalue weighted by molar-refractivity contribution is 6.32. The first-order chi connectivity index (χ1) is 17.8. The first kappa shape index (κ1) is 25.5. The van der Waals surface area contributed by atoms with Crippen LogP contribution in [0.25, 0.3) is 0 Å². The summed E-state index contributed by atoms with van der Waals surface area (Å²) in [5.74, 6) is 1.37. The first-order valence-electron chi connectivity index (χ1n) is 12.9. The van der Waals surface area contributed by atoms with Gasteiger partial charge in [0.2, 0.25) is 5.95 Å². The maximum atomic E-state index is 13.4. The average Bonchev–Trinajstić information content (AvgIpc) is 3.54. The van der Waals surface area contributed by atoms with Crippen LogP contribution in [-0.2, 0) is 11.3 Å². The van der Waals surface area contributed by atoms with Gasteiger partial charge in [0, 0.05) is 53.8 Å². The van der Waals surface area contributed by atoms with Crippen LogP contribution in [0.1, 0.15) is 43.9 Å². The standard InChI is InChI=1S/C29H34ClN5O2/c1-18-11-13-31-29(32-18)34-14-12-22(20(34)3)15-25(19(2)30)28(36)33-26-16-23-7-10-27(26)35(23)17-21-5-8-24(37-4)9-6-21/h5-6,8-9,11,13,15,23,26-27H,3,7,10,12,14,16-17H2,1-2,4H3,(H,33,36)/b22-15-,25-19-/t23-,26+,27+/m0/s1. The van der Waals surface area contributed by atoms with E-state index < -0.39 is 0 Å². The van der Waals surface area contributed by atoms with Crippen LogP contribution in [0.15, 0.2) is 71.1 Å². The minimum atomic E-state index is -0.125. The lowest BCUT2D eigenvalue weighted by Gasteiger charge is -2.25. The van der Waals surface area contributed by atoms with E-state index >= 15 is 0 Å². The summed E-state index contributed by atoms with van der Waals surface area (Å²) in [6, 6.07) is 11.0. The molecule has 1 N–H and O–H groups in total. The van der Waals surface area contributed by atoms with Crippen molar-refractivity contribution in [3.63, 3.8) is 0 Å². The van der Waals surface area contributed by atoms with Crippen molar-refractivity contribution < 1.29 is 9.53 Å². The number of nitrogens with zero attached hydrogens (tertiary/aromatic N) is 4. The Hall–Kier alpha value is -3.16. The van der Waals surface area contributed by atoms with Crippen molar-refractivity contribution in [1.29, 1.82) is 0 Å². The van der Waals surface area contributed by atoms with E-state index in [4.69, 9.17) is 16.3 Å². The second kappa shape index (κ2) is 10.7. The number of allylic oxidation sites excluding steroid dienone is 2. The van der Waals surface area contributed by atoms with Crippen LogP contribution in [0.5, 0.6) is 5.75 Å². The summed E-state index contributed by atoms with van der Waals surface area (Å²) < 4.78 is 5.29. The Bertz CT molecular complexity index is 1250. The Morgan fingerprint density at radius 3 is 2.76 bits per heavy atom. The second-order valence-corrected chi connectivity index (χ2v) is 10.7. The van der Waals surface area contributed by atoms with Crippen LogP contribution in [0.4, 0.5) is 5.95 Å². The number of ether oxygens (including phenoxy) is 1. The van der Waals surface area contributed by atoms with E-state index in [0.717, 1.165) is 55.1 Å². The lowest BCUT2D eigenvalue weighted by Crippen LogP contribution is -2.44. The summed E-state index contributed by atoms with van der Waals surface area (Å²) in [7, 11) is 1.68.